The van der Waals surface area contributed by atoms with E-state index >= 15 is 0 Å². The van der Waals surface area contributed by atoms with E-state index in [1.165, 1.54) is 12.1 Å². The van der Waals surface area contributed by atoms with E-state index in [-0.39, 0.29) is 12.5 Å². The van der Waals surface area contributed by atoms with Gasteiger partial charge in [-0.25, -0.2) is 14.8 Å². The van der Waals surface area contributed by atoms with Crippen LogP contribution >= 0.6 is 11.6 Å². The number of hydrogen-bond donors (Lipinski definition) is 0. The van der Waals surface area contributed by atoms with Crippen molar-refractivity contribution in [2.75, 3.05) is 23.7 Å². The third kappa shape index (κ3) is 4.08. The summed E-state index contributed by atoms with van der Waals surface area (Å²) >= 11 is 6.07. The van der Waals surface area contributed by atoms with Gasteiger partial charge in [-0.05, 0) is 73.2 Å². The van der Waals surface area contributed by atoms with E-state index in [0.717, 1.165) is 10.5 Å². The summed E-state index contributed by atoms with van der Waals surface area (Å²) in [4.78, 5) is 46.4. The van der Waals surface area contributed by atoms with Gasteiger partial charge in [0.05, 0.1) is 36.7 Å². The van der Waals surface area contributed by atoms with Crippen LogP contribution in [0.15, 0.2) is 72.8 Å². The number of benzene rings is 3. The van der Waals surface area contributed by atoms with Crippen LogP contribution in [-0.2, 0) is 19.2 Å². The fourth-order valence-corrected chi connectivity index (χ4v) is 4.71. The summed E-state index contributed by atoms with van der Waals surface area (Å²) in [6, 6.07) is 19.9. The van der Waals surface area contributed by atoms with Crippen LogP contribution in [0.3, 0.4) is 0 Å². The quantitative estimate of drug-likeness (QED) is 0.357. The first-order valence-corrected chi connectivity index (χ1v) is 11.8. The number of fused-ring (bicyclic) bond motifs is 1. The van der Waals surface area contributed by atoms with Crippen molar-refractivity contribution in [1.82, 2.24) is 0 Å². The van der Waals surface area contributed by atoms with E-state index in [0.29, 0.717) is 27.7 Å². The molecule has 0 aromatic heterocycles. The summed E-state index contributed by atoms with van der Waals surface area (Å²) in [6.45, 7) is 1.97. The molecule has 9 heteroatoms. The molecule has 0 saturated carbocycles. The van der Waals surface area contributed by atoms with E-state index < -0.39 is 29.9 Å². The first-order chi connectivity index (χ1) is 17.4. The number of nitrogens with zero attached hydrogens (tertiary/aromatic N) is 2. The zero-order chi connectivity index (χ0) is 25.4. The summed E-state index contributed by atoms with van der Waals surface area (Å²) in [5, 5.41) is 2.16. The highest BCUT2D eigenvalue weighted by Gasteiger charge is 2.60. The second-order valence-corrected chi connectivity index (χ2v) is 8.79. The molecule has 2 aliphatic heterocycles. The molecule has 0 bridgehead atoms. The average molecular weight is 507 g/mol. The molecule has 2 heterocycles. The first-order valence-electron chi connectivity index (χ1n) is 11.4. The Bertz CT molecular complexity index is 1290. The van der Waals surface area contributed by atoms with Gasteiger partial charge in [-0.15, -0.1) is 0 Å². The van der Waals surface area contributed by atoms with Crippen molar-refractivity contribution in [3.63, 3.8) is 0 Å². The lowest BCUT2D eigenvalue weighted by atomic mass is 9.90. The molecule has 0 aliphatic carbocycles. The molecular formula is C27H23ClN2O6. The SMILES string of the molecule is CCOC(=O)c1ccc(N2C(=O)[C@@H]3[C@H](ON(c4ccc(Cl)cc4)[C@H]3c3ccc(OC)cc3)C2=O)cc1. The van der Waals surface area contributed by atoms with Crippen LogP contribution in [0.4, 0.5) is 11.4 Å². The first kappa shape index (κ1) is 23.8. The highest BCUT2D eigenvalue weighted by Crippen LogP contribution is 2.47. The lowest BCUT2D eigenvalue weighted by Crippen LogP contribution is -2.37. The van der Waals surface area contributed by atoms with E-state index in [4.69, 9.17) is 25.9 Å². The summed E-state index contributed by atoms with van der Waals surface area (Å²) in [6.07, 6.45) is -1.01. The summed E-state index contributed by atoms with van der Waals surface area (Å²) < 4.78 is 10.3. The molecule has 2 saturated heterocycles. The van der Waals surface area contributed by atoms with E-state index in [2.05, 4.69) is 0 Å². The van der Waals surface area contributed by atoms with Crippen molar-refractivity contribution >= 4 is 40.8 Å². The van der Waals surface area contributed by atoms with Gasteiger partial charge in [0, 0.05) is 5.02 Å². The van der Waals surface area contributed by atoms with Gasteiger partial charge in [-0.3, -0.25) is 14.4 Å². The molecule has 0 N–H and O–H groups in total. The second-order valence-electron chi connectivity index (χ2n) is 8.35. The predicted molar refractivity (Wildman–Crippen MR) is 133 cm³/mol. The van der Waals surface area contributed by atoms with Crippen molar-refractivity contribution in [1.29, 1.82) is 0 Å². The fraction of sp³-hybridized carbons (Fsp3) is 0.222. The van der Waals surface area contributed by atoms with Crippen molar-refractivity contribution in [2.45, 2.75) is 19.1 Å². The number of methoxy groups -OCH3 is 1. The topological polar surface area (TPSA) is 85.4 Å². The van der Waals surface area contributed by atoms with Gasteiger partial charge in [-0.1, -0.05) is 23.7 Å². The van der Waals surface area contributed by atoms with Gasteiger partial charge in [0.1, 0.15) is 11.7 Å². The monoisotopic (exact) mass is 506 g/mol. The van der Waals surface area contributed by atoms with Gasteiger partial charge in [0.2, 0.25) is 5.91 Å². The number of anilines is 2. The highest BCUT2D eigenvalue weighted by molar-refractivity contribution is 6.30. The number of esters is 1. The third-order valence-electron chi connectivity index (χ3n) is 6.29. The van der Waals surface area contributed by atoms with E-state index in [1.807, 2.05) is 12.1 Å². The maximum Gasteiger partial charge on any atom is 0.338 e. The number of hydroxylamine groups is 1. The van der Waals surface area contributed by atoms with Gasteiger partial charge >= 0.3 is 5.97 Å². The van der Waals surface area contributed by atoms with Gasteiger partial charge in [0.25, 0.3) is 5.91 Å². The van der Waals surface area contributed by atoms with Gasteiger partial charge in [-0.2, -0.15) is 0 Å². The van der Waals surface area contributed by atoms with Gasteiger partial charge < -0.3 is 9.47 Å². The van der Waals surface area contributed by atoms with Crippen LogP contribution in [0, 0.1) is 5.92 Å². The van der Waals surface area contributed by atoms with Crippen molar-refractivity contribution in [3.05, 3.63) is 88.9 Å². The Balaban J connectivity index is 1.50. The van der Waals surface area contributed by atoms with Crippen LogP contribution in [0.2, 0.25) is 5.02 Å². The molecule has 0 unspecified atom stereocenters. The largest absolute Gasteiger partial charge is 0.497 e. The number of halogens is 1. The number of carbonyl (C=O) groups excluding carboxylic acids is 3. The summed E-state index contributed by atoms with van der Waals surface area (Å²) in [5.41, 5.74) is 2.16. The smallest absolute Gasteiger partial charge is 0.338 e. The Hall–Kier alpha value is -3.88. The minimum Gasteiger partial charge on any atom is -0.497 e. The van der Waals surface area contributed by atoms with Crippen LogP contribution in [-0.4, -0.2) is 37.6 Å². The zero-order valence-electron chi connectivity index (χ0n) is 19.6. The minimum atomic E-state index is -1.01. The highest BCUT2D eigenvalue weighted by atomic mass is 35.5. The van der Waals surface area contributed by atoms with Crippen LogP contribution < -0.4 is 14.7 Å². The Morgan fingerprint density at radius 3 is 2.17 bits per heavy atom. The molecule has 36 heavy (non-hydrogen) atoms. The molecule has 184 valence electrons. The van der Waals surface area contributed by atoms with Gasteiger partial charge in [0.15, 0.2) is 6.10 Å². The van der Waals surface area contributed by atoms with Crippen LogP contribution in [0.1, 0.15) is 28.9 Å². The molecule has 3 aromatic carbocycles. The van der Waals surface area contributed by atoms with E-state index in [9.17, 15) is 14.4 Å². The lowest BCUT2D eigenvalue weighted by Gasteiger charge is -2.29. The normalized spacial score (nSPS) is 21.0. The number of amides is 2. The van der Waals surface area contributed by atoms with Crippen LogP contribution in [0.5, 0.6) is 5.75 Å². The predicted octanol–water partition coefficient (Wildman–Crippen LogP) is 4.58. The molecule has 8 nitrogen and oxygen atoms in total. The Morgan fingerprint density at radius 2 is 1.56 bits per heavy atom. The van der Waals surface area contributed by atoms with Crippen molar-refractivity contribution < 1.29 is 28.7 Å². The standard InChI is InChI=1S/C27H23ClN2O6/c1-3-35-27(33)17-4-10-19(11-5-17)29-25(31)22-23(16-6-14-21(34-2)15-7-16)30(36-24(22)26(29)32)20-12-8-18(28)9-13-20/h4-15,22-24H,3H2,1-2H3/t22-,23-,24-/m0/s1. The Morgan fingerprint density at radius 1 is 0.917 bits per heavy atom. The summed E-state index contributed by atoms with van der Waals surface area (Å²) in [7, 11) is 1.58. The van der Waals surface area contributed by atoms with Crippen molar-refractivity contribution in [3.8, 4) is 5.75 Å². The molecule has 3 atom stereocenters. The average Bonchev–Trinajstić information content (AvgIpc) is 3.40. The molecule has 0 radical (unpaired) electrons. The minimum absolute atomic E-state index is 0.251. The second kappa shape index (κ2) is 9.64. The summed E-state index contributed by atoms with van der Waals surface area (Å²) in [5.74, 6) is -1.44. The molecule has 0 spiro atoms. The maximum absolute atomic E-state index is 13.7. The number of ether oxygens (including phenoxy) is 2. The number of rotatable bonds is 6. The number of carbonyl (C=O) groups is 3. The molecule has 2 amide bonds. The molecule has 3 aromatic rings. The molecular weight excluding hydrogens is 484 g/mol. The maximum atomic E-state index is 13.7. The lowest BCUT2D eigenvalue weighted by molar-refractivity contribution is -0.126. The molecule has 5 rings (SSSR count). The molecule has 2 fully saturated rings. The van der Waals surface area contributed by atoms with Crippen LogP contribution in [0.25, 0.3) is 0 Å². The zero-order valence-corrected chi connectivity index (χ0v) is 20.3. The van der Waals surface area contributed by atoms with E-state index in [1.54, 1.807) is 67.6 Å². The Kier molecular flexibility index (Phi) is 6.38. The number of hydrogen-bond acceptors (Lipinski definition) is 7. The fourth-order valence-electron chi connectivity index (χ4n) is 4.58. The third-order valence-corrected chi connectivity index (χ3v) is 6.54. The van der Waals surface area contributed by atoms with Crippen molar-refractivity contribution in [2.24, 2.45) is 5.92 Å². The number of imide groups is 1. The Labute approximate surface area is 212 Å². The molecule has 2 aliphatic rings.